The first-order chi connectivity index (χ1) is 8.69. The summed E-state index contributed by atoms with van der Waals surface area (Å²) in [4.78, 5) is 10.1. The number of carbonyl (C=O) groups is 1. The number of cyclic esters (lactones) is 2. The van der Waals surface area contributed by atoms with Crippen LogP contribution in [0.5, 0.6) is 0 Å². The molecular weight excluding hydrogens is 296 g/mol. The highest BCUT2D eigenvalue weighted by Gasteiger charge is 2.36. The van der Waals surface area contributed by atoms with Gasteiger partial charge in [0.05, 0.1) is 16.4 Å². The van der Waals surface area contributed by atoms with Crippen molar-refractivity contribution in [2.24, 2.45) is 0 Å². The molecule has 1 heterocycles. The topological polar surface area (TPSA) is 89.9 Å². The third kappa shape index (κ3) is 3.29. The zero-order valence-electron chi connectivity index (χ0n) is 10.1. The molecule has 8 heteroatoms. The second-order valence-corrected chi connectivity index (χ2v) is 6.90. The minimum absolute atomic E-state index is 0.133. The van der Waals surface area contributed by atoms with E-state index >= 15 is 0 Å². The van der Waals surface area contributed by atoms with Gasteiger partial charge in [0.2, 0.25) is 0 Å². The standard InChI is InChI=1S/C11H13ClO6S/c1-11(12)4-2-9(19(14,15)16)7(6-11)8-3-5-17-10(13)18-8/h2,4,8H,3,5-6H2,1H3,(H,14,15,16). The molecule has 1 saturated heterocycles. The lowest BCUT2D eigenvalue weighted by molar-refractivity contribution is -0.0109. The van der Waals surface area contributed by atoms with Crippen LogP contribution in [0.4, 0.5) is 4.79 Å². The zero-order chi connectivity index (χ0) is 14.3. The number of allylic oxidation sites excluding steroid dienone is 2. The van der Waals surface area contributed by atoms with Crippen molar-refractivity contribution < 1.29 is 27.2 Å². The highest BCUT2D eigenvalue weighted by molar-refractivity contribution is 7.90. The summed E-state index contributed by atoms with van der Waals surface area (Å²) in [6, 6.07) is 0. The van der Waals surface area contributed by atoms with Crippen molar-refractivity contribution in [3.05, 3.63) is 22.6 Å². The quantitative estimate of drug-likeness (QED) is 0.477. The average molecular weight is 309 g/mol. The van der Waals surface area contributed by atoms with E-state index in [1.807, 2.05) is 0 Å². The van der Waals surface area contributed by atoms with Crippen LogP contribution in [-0.2, 0) is 19.6 Å². The minimum atomic E-state index is -4.39. The Morgan fingerprint density at radius 2 is 2.21 bits per heavy atom. The predicted molar refractivity (Wildman–Crippen MR) is 67.4 cm³/mol. The molecule has 19 heavy (non-hydrogen) atoms. The fourth-order valence-electron chi connectivity index (χ4n) is 2.10. The van der Waals surface area contributed by atoms with E-state index in [9.17, 15) is 17.8 Å². The van der Waals surface area contributed by atoms with Crippen molar-refractivity contribution in [1.82, 2.24) is 0 Å². The van der Waals surface area contributed by atoms with Crippen LogP contribution in [0.3, 0.4) is 0 Å². The highest BCUT2D eigenvalue weighted by Crippen LogP contribution is 2.37. The summed E-state index contributed by atoms with van der Waals surface area (Å²) in [5.74, 6) is 0. The van der Waals surface area contributed by atoms with Crippen LogP contribution in [0.1, 0.15) is 19.8 Å². The number of hydrogen-bond acceptors (Lipinski definition) is 5. The van der Waals surface area contributed by atoms with Crippen molar-refractivity contribution in [2.45, 2.75) is 30.7 Å². The van der Waals surface area contributed by atoms with Crippen molar-refractivity contribution in [1.29, 1.82) is 0 Å². The van der Waals surface area contributed by atoms with E-state index in [1.54, 1.807) is 6.92 Å². The monoisotopic (exact) mass is 308 g/mol. The van der Waals surface area contributed by atoms with Gasteiger partial charge in [0.25, 0.3) is 10.1 Å². The first-order valence-corrected chi connectivity index (χ1v) is 7.43. The van der Waals surface area contributed by atoms with Crippen LogP contribution < -0.4 is 0 Å². The maximum absolute atomic E-state index is 11.4. The molecule has 2 unspecified atom stereocenters. The van der Waals surface area contributed by atoms with E-state index in [0.717, 1.165) is 0 Å². The van der Waals surface area contributed by atoms with Crippen molar-refractivity contribution in [3.8, 4) is 0 Å². The fraction of sp³-hybridized carbons (Fsp3) is 0.545. The smallest absolute Gasteiger partial charge is 0.434 e. The van der Waals surface area contributed by atoms with Gasteiger partial charge in [0.1, 0.15) is 6.10 Å². The van der Waals surface area contributed by atoms with Gasteiger partial charge in [0, 0.05) is 6.42 Å². The molecule has 2 atom stereocenters. The Labute approximate surface area is 115 Å². The fourth-order valence-corrected chi connectivity index (χ4v) is 3.08. The van der Waals surface area contributed by atoms with Gasteiger partial charge in [-0.15, -0.1) is 11.6 Å². The van der Waals surface area contributed by atoms with E-state index in [0.29, 0.717) is 12.0 Å². The first-order valence-electron chi connectivity index (χ1n) is 5.61. The summed E-state index contributed by atoms with van der Waals surface area (Å²) in [5.41, 5.74) is 0.291. The summed E-state index contributed by atoms with van der Waals surface area (Å²) in [7, 11) is -4.39. The largest absolute Gasteiger partial charge is 0.508 e. The Hall–Kier alpha value is -1.05. The number of ether oxygens (including phenoxy) is 2. The molecule has 2 rings (SSSR count). The molecule has 6 nitrogen and oxygen atoms in total. The average Bonchev–Trinajstić information content (AvgIpc) is 2.26. The summed E-state index contributed by atoms with van der Waals surface area (Å²) >= 11 is 6.17. The van der Waals surface area contributed by atoms with Crippen molar-refractivity contribution in [3.63, 3.8) is 0 Å². The van der Waals surface area contributed by atoms with Crippen molar-refractivity contribution >= 4 is 27.9 Å². The van der Waals surface area contributed by atoms with Gasteiger partial charge in [-0.2, -0.15) is 8.42 Å². The SMILES string of the molecule is CC1(Cl)C=CC(S(=O)(=O)O)=C(C2CCOC(=O)O2)C1. The second-order valence-electron chi connectivity index (χ2n) is 4.65. The summed E-state index contributed by atoms with van der Waals surface area (Å²) in [6.07, 6.45) is 1.61. The Morgan fingerprint density at radius 3 is 2.79 bits per heavy atom. The summed E-state index contributed by atoms with van der Waals surface area (Å²) in [5, 5.41) is 0. The number of hydrogen-bond donors (Lipinski definition) is 1. The molecule has 0 bridgehead atoms. The maximum atomic E-state index is 11.4. The van der Waals surface area contributed by atoms with Crippen molar-refractivity contribution in [2.75, 3.05) is 6.61 Å². The molecule has 2 aliphatic rings. The molecule has 1 fully saturated rings. The molecule has 0 aromatic rings. The molecule has 0 spiro atoms. The number of alkyl halides is 1. The van der Waals surface area contributed by atoms with Gasteiger partial charge >= 0.3 is 6.16 Å². The zero-order valence-corrected chi connectivity index (χ0v) is 11.7. The van der Waals surface area contributed by atoms with Crippen LogP contribution in [0, 0.1) is 0 Å². The van der Waals surface area contributed by atoms with Gasteiger partial charge in [-0.05, 0) is 25.0 Å². The Kier molecular flexibility index (Phi) is 3.63. The molecule has 0 amide bonds. The first kappa shape index (κ1) is 14.4. The third-order valence-corrected chi connectivity index (χ3v) is 4.15. The molecule has 0 radical (unpaired) electrons. The van der Waals surface area contributed by atoms with E-state index in [1.165, 1.54) is 12.2 Å². The van der Waals surface area contributed by atoms with Gasteiger partial charge in [-0.3, -0.25) is 4.55 Å². The van der Waals surface area contributed by atoms with E-state index < -0.39 is 27.3 Å². The molecule has 0 saturated carbocycles. The highest BCUT2D eigenvalue weighted by atomic mass is 35.5. The molecule has 1 aliphatic carbocycles. The lowest BCUT2D eigenvalue weighted by Gasteiger charge is -2.31. The molecular formula is C11H13ClO6S. The minimum Gasteiger partial charge on any atom is -0.434 e. The molecule has 1 aliphatic heterocycles. The summed E-state index contributed by atoms with van der Waals surface area (Å²) < 4.78 is 41.5. The van der Waals surface area contributed by atoms with Gasteiger partial charge in [-0.25, -0.2) is 4.79 Å². The number of carbonyl (C=O) groups excluding carboxylic acids is 1. The lowest BCUT2D eigenvalue weighted by Crippen LogP contribution is -2.34. The van der Waals surface area contributed by atoms with E-state index in [2.05, 4.69) is 4.74 Å². The lowest BCUT2D eigenvalue weighted by atomic mass is 9.90. The predicted octanol–water partition coefficient (Wildman–Crippen LogP) is 2.01. The maximum Gasteiger partial charge on any atom is 0.508 e. The molecule has 0 aromatic heterocycles. The Bertz CT molecular complexity index is 560. The van der Waals surface area contributed by atoms with Crippen LogP contribution in [-0.4, -0.2) is 36.7 Å². The van der Waals surface area contributed by atoms with Gasteiger partial charge in [-0.1, -0.05) is 6.08 Å². The molecule has 106 valence electrons. The van der Waals surface area contributed by atoms with Crippen LogP contribution in [0.15, 0.2) is 22.6 Å². The van der Waals surface area contributed by atoms with Gasteiger partial charge in [0.15, 0.2) is 0 Å². The number of halogens is 1. The molecule has 0 aromatic carbocycles. The third-order valence-electron chi connectivity index (χ3n) is 2.94. The second kappa shape index (κ2) is 4.81. The van der Waals surface area contributed by atoms with Gasteiger partial charge < -0.3 is 9.47 Å². The summed E-state index contributed by atoms with van der Waals surface area (Å²) in [6.45, 7) is 1.83. The molecule has 1 N–H and O–H groups in total. The van der Waals surface area contributed by atoms with E-state index in [4.69, 9.17) is 16.3 Å². The van der Waals surface area contributed by atoms with E-state index in [-0.39, 0.29) is 17.9 Å². The Morgan fingerprint density at radius 1 is 1.53 bits per heavy atom. The number of rotatable bonds is 2. The normalized spacial score (nSPS) is 31.9. The Balaban J connectivity index is 2.43. The van der Waals surface area contributed by atoms with Crippen LogP contribution >= 0.6 is 11.6 Å². The van der Waals surface area contributed by atoms with Crippen LogP contribution in [0.2, 0.25) is 0 Å². The van der Waals surface area contributed by atoms with Crippen LogP contribution in [0.25, 0.3) is 0 Å².